The van der Waals surface area contributed by atoms with Crippen molar-refractivity contribution in [2.45, 2.75) is 32.2 Å². The fourth-order valence-electron chi connectivity index (χ4n) is 3.67. The Hall–Kier alpha value is -1.59. The average molecular weight is 366 g/mol. The van der Waals surface area contributed by atoms with E-state index in [1.54, 1.807) is 0 Å². The van der Waals surface area contributed by atoms with Crippen LogP contribution in [0.3, 0.4) is 0 Å². The lowest BCUT2D eigenvalue weighted by Crippen LogP contribution is -2.52. The molecule has 25 heavy (non-hydrogen) atoms. The van der Waals surface area contributed by atoms with Crippen LogP contribution in [0.2, 0.25) is 0 Å². The fraction of sp³-hybridized carbons (Fsp3) is 0.579. The maximum absolute atomic E-state index is 12.6. The van der Waals surface area contributed by atoms with Crippen molar-refractivity contribution in [3.05, 3.63) is 35.9 Å². The van der Waals surface area contributed by atoms with Crippen molar-refractivity contribution in [3.63, 3.8) is 0 Å². The first-order valence-corrected chi connectivity index (χ1v) is 9.00. The van der Waals surface area contributed by atoms with Gasteiger partial charge in [-0.3, -0.25) is 9.59 Å². The van der Waals surface area contributed by atoms with Gasteiger partial charge in [0.2, 0.25) is 5.91 Å². The molecule has 2 fully saturated rings. The first-order valence-electron chi connectivity index (χ1n) is 9.00. The van der Waals surface area contributed by atoms with E-state index in [-0.39, 0.29) is 36.2 Å². The summed E-state index contributed by atoms with van der Waals surface area (Å²) in [6.07, 6.45) is 2.73. The SMILES string of the molecule is CC1CNCCC1NC(=O)C1CCCN(C(=O)c2ccccc2)C1.Cl. The highest BCUT2D eigenvalue weighted by Gasteiger charge is 2.31. The van der Waals surface area contributed by atoms with E-state index in [0.29, 0.717) is 18.0 Å². The summed E-state index contributed by atoms with van der Waals surface area (Å²) in [5, 5.41) is 6.57. The van der Waals surface area contributed by atoms with Crippen LogP contribution in [-0.4, -0.2) is 48.9 Å². The predicted octanol–water partition coefficient (Wildman–Crippen LogP) is 2.07. The molecule has 6 heteroatoms. The Morgan fingerprint density at radius 3 is 2.68 bits per heavy atom. The molecule has 2 saturated heterocycles. The standard InChI is InChI=1S/C19H27N3O2.ClH/c1-14-12-20-10-9-17(14)21-18(23)16-8-5-11-22(13-16)19(24)15-6-3-2-4-7-15;/h2-4,6-7,14,16-17,20H,5,8-13H2,1H3,(H,21,23);1H. The van der Waals surface area contributed by atoms with Gasteiger partial charge in [0, 0.05) is 24.7 Å². The number of amides is 2. The molecule has 2 aliphatic heterocycles. The van der Waals surface area contributed by atoms with Crippen molar-refractivity contribution in [3.8, 4) is 0 Å². The summed E-state index contributed by atoms with van der Waals surface area (Å²) in [7, 11) is 0. The van der Waals surface area contributed by atoms with Crippen molar-refractivity contribution < 1.29 is 9.59 Å². The number of nitrogens with zero attached hydrogens (tertiary/aromatic N) is 1. The Labute approximate surface area is 155 Å². The quantitative estimate of drug-likeness (QED) is 0.862. The third-order valence-electron chi connectivity index (χ3n) is 5.21. The number of piperidine rings is 2. The number of hydrogen-bond donors (Lipinski definition) is 2. The summed E-state index contributed by atoms with van der Waals surface area (Å²) >= 11 is 0. The summed E-state index contributed by atoms with van der Waals surface area (Å²) in [5.41, 5.74) is 0.700. The Morgan fingerprint density at radius 2 is 1.96 bits per heavy atom. The van der Waals surface area contributed by atoms with Gasteiger partial charge >= 0.3 is 0 Å². The van der Waals surface area contributed by atoms with Crippen LogP contribution in [0, 0.1) is 11.8 Å². The van der Waals surface area contributed by atoms with E-state index in [1.807, 2.05) is 35.2 Å². The average Bonchev–Trinajstić information content (AvgIpc) is 2.64. The molecule has 5 nitrogen and oxygen atoms in total. The van der Waals surface area contributed by atoms with Gasteiger partial charge in [0.15, 0.2) is 0 Å². The molecular formula is C19H28ClN3O2. The second-order valence-electron chi connectivity index (χ2n) is 7.04. The number of carbonyl (C=O) groups excluding carboxylic acids is 2. The lowest BCUT2D eigenvalue weighted by Gasteiger charge is -2.35. The fourth-order valence-corrected chi connectivity index (χ4v) is 3.67. The third-order valence-corrected chi connectivity index (χ3v) is 5.21. The van der Waals surface area contributed by atoms with Gasteiger partial charge in [-0.2, -0.15) is 0 Å². The zero-order chi connectivity index (χ0) is 16.9. The number of benzene rings is 1. The largest absolute Gasteiger partial charge is 0.353 e. The smallest absolute Gasteiger partial charge is 0.253 e. The Morgan fingerprint density at radius 1 is 1.20 bits per heavy atom. The number of carbonyl (C=O) groups is 2. The van der Waals surface area contributed by atoms with E-state index in [2.05, 4.69) is 17.6 Å². The van der Waals surface area contributed by atoms with Crippen LogP contribution in [0.25, 0.3) is 0 Å². The minimum Gasteiger partial charge on any atom is -0.353 e. The van der Waals surface area contributed by atoms with Gasteiger partial charge in [-0.15, -0.1) is 12.4 Å². The molecule has 3 unspecified atom stereocenters. The summed E-state index contributed by atoms with van der Waals surface area (Å²) < 4.78 is 0. The first kappa shape index (κ1) is 19.7. The molecule has 0 radical (unpaired) electrons. The van der Waals surface area contributed by atoms with Crippen molar-refractivity contribution in [2.24, 2.45) is 11.8 Å². The minimum absolute atomic E-state index is 0. The zero-order valence-electron chi connectivity index (χ0n) is 14.7. The van der Waals surface area contributed by atoms with Crippen LogP contribution in [0.4, 0.5) is 0 Å². The summed E-state index contributed by atoms with van der Waals surface area (Å²) in [4.78, 5) is 27.1. The molecule has 0 spiro atoms. The number of nitrogens with one attached hydrogen (secondary N) is 2. The lowest BCUT2D eigenvalue weighted by atomic mass is 9.92. The van der Waals surface area contributed by atoms with Crippen LogP contribution >= 0.6 is 12.4 Å². The lowest BCUT2D eigenvalue weighted by molar-refractivity contribution is -0.127. The molecule has 2 amide bonds. The van der Waals surface area contributed by atoms with Gasteiger partial charge in [-0.25, -0.2) is 0 Å². The second-order valence-corrected chi connectivity index (χ2v) is 7.04. The van der Waals surface area contributed by atoms with E-state index in [9.17, 15) is 9.59 Å². The maximum atomic E-state index is 12.6. The third kappa shape index (κ3) is 4.95. The predicted molar refractivity (Wildman–Crippen MR) is 101 cm³/mol. The van der Waals surface area contributed by atoms with Crippen molar-refractivity contribution >= 4 is 24.2 Å². The monoisotopic (exact) mass is 365 g/mol. The van der Waals surface area contributed by atoms with E-state index in [0.717, 1.165) is 38.9 Å². The summed E-state index contributed by atoms with van der Waals surface area (Å²) in [5.74, 6) is 0.504. The van der Waals surface area contributed by atoms with E-state index >= 15 is 0 Å². The van der Waals surface area contributed by atoms with Crippen molar-refractivity contribution in [2.75, 3.05) is 26.2 Å². The maximum Gasteiger partial charge on any atom is 0.253 e. The zero-order valence-corrected chi connectivity index (χ0v) is 15.6. The molecule has 0 aromatic heterocycles. The molecule has 0 aliphatic carbocycles. The van der Waals surface area contributed by atoms with Gasteiger partial charge in [-0.05, 0) is 50.4 Å². The van der Waals surface area contributed by atoms with Crippen LogP contribution in [0.5, 0.6) is 0 Å². The molecule has 2 aliphatic rings. The van der Waals surface area contributed by atoms with Crippen LogP contribution in [-0.2, 0) is 4.79 Å². The number of rotatable bonds is 3. The van der Waals surface area contributed by atoms with Gasteiger partial charge in [0.05, 0.1) is 5.92 Å². The number of hydrogen-bond acceptors (Lipinski definition) is 3. The molecule has 2 heterocycles. The molecule has 0 saturated carbocycles. The van der Waals surface area contributed by atoms with E-state index in [1.165, 1.54) is 0 Å². The normalized spacial score (nSPS) is 26.4. The molecular weight excluding hydrogens is 338 g/mol. The van der Waals surface area contributed by atoms with Gasteiger partial charge in [-0.1, -0.05) is 25.1 Å². The number of likely N-dealkylation sites (tertiary alicyclic amines) is 1. The molecule has 3 rings (SSSR count). The van der Waals surface area contributed by atoms with Crippen molar-refractivity contribution in [1.82, 2.24) is 15.5 Å². The highest BCUT2D eigenvalue weighted by Crippen LogP contribution is 2.20. The Kier molecular flexibility index (Phi) is 7.26. The van der Waals surface area contributed by atoms with Gasteiger partial charge in [0.1, 0.15) is 0 Å². The highest BCUT2D eigenvalue weighted by atomic mass is 35.5. The molecule has 3 atom stereocenters. The Bertz CT molecular complexity index is 581. The molecule has 2 N–H and O–H groups in total. The van der Waals surface area contributed by atoms with Gasteiger partial charge in [0.25, 0.3) is 5.91 Å². The molecule has 0 bridgehead atoms. The van der Waals surface area contributed by atoms with Crippen LogP contribution < -0.4 is 10.6 Å². The molecule has 1 aromatic carbocycles. The first-order chi connectivity index (χ1) is 11.6. The summed E-state index contributed by atoms with van der Waals surface area (Å²) in [6, 6.07) is 9.58. The molecule has 1 aromatic rings. The van der Waals surface area contributed by atoms with Crippen LogP contribution in [0.15, 0.2) is 30.3 Å². The van der Waals surface area contributed by atoms with Gasteiger partial charge < -0.3 is 15.5 Å². The summed E-state index contributed by atoms with van der Waals surface area (Å²) in [6.45, 7) is 5.34. The number of halogens is 1. The van der Waals surface area contributed by atoms with E-state index in [4.69, 9.17) is 0 Å². The topological polar surface area (TPSA) is 61.4 Å². The van der Waals surface area contributed by atoms with Crippen LogP contribution in [0.1, 0.15) is 36.5 Å². The second kappa shape index (κ2) is 9.20. The Balaban J connectivity index is 0.00000225. The van der Waals surface area contributed by atoms with E-state index < -0.39 is 0 Å². The highest BCUT2D eigenvalue weighted by molar-refractivity contribution is 5.94. The minimum atomic E-state index is -0.0894. The van der Waals surface area contributed by atoms with Crippen molar-refractivity contribution in [1.29, 1.82) is 0 Å². The molecule has 138 valence electrons.